The molecular weight excluding hydrogens is 244 g/mol. The molecule has 6 nitrogen and oxygen atoms in total. The van der Waals surface area contributed by atoms with E-state index in [0.717, 1.165) is 31.5 Å². The first-order chi connectivity index (χ1) is 9.03. The third-order valence-corrected chi connectivity index (χ3v) is 3.39. The lowest BCUT2D eigenvalue weighted by atomic mass is 9.90. The first kappa shape index (κ1) is 13.7. The van der Waals surface area contributed by atoms with Crippen molar-refractivity contribution in [3.8, 4) is 5.88 Å². The lowest BCUT2D eigenvalue weighted by Crippen LogP contribution is -2.54. The van der Waals surface area contributed by atoms with Gasteiger partial charge >= 0.3 is 0 Å². The van der Waals surface area contributed by atoms with Crippen LogP contribution in [0.15, 0.2) is 6.07 Å². The van der Waals surface area contributed by atoms with Crippen LogP contribution in [-0.4, -0.2) is 35.1 Å². The fraction of sp³-hybridized carbons (Fsp3) is 0.615. The van der Waals surface area contributed by atoms with Crippen molar-refractivity contribution in [1.29, 1.82) is 0 Å². The number of piperidine rings is 1. The number of hydrogen-bond donors (Lipinski definition) is 2. The molecule has 104 valence electrons. The number of hydrogen-bond acceptors (Lipinski definition) is 5. The van der Waals surface area contributed by atoms with E-state index in [9.17, 15) is 4.79 Å². The number of nitrogens with one attached hydrogen (secondary N) is 2. The summed E-state index contributed by atoms with van der Waals surface area (Å²) in [6.07, 6.45) is 2.98. The number of aryl methyl sites for hydroxylation is 1. The molecule has 2 rings (SSSR count). The van der Waals surface area contributed by atoms with E-state index in [1.807, 2.05) is 13.8 Å². The number of anilines is 1. The molecule has 0 spiro atoms. The molecule has 2 N–H and O–H groups in total. The summed E-state index contributed by atoms with van der Waals surface area (Å²) in [4.78, 5) is 20.6. The van der Waals surface area contributed by atoms with Gasteiger partial charge in [0.15, 0.2) is 0 Å². The summed E-state index contributed by atoms with van der Waals surface area (Å²) in [5, 5.41) is 6.02. The van der Waals surface area contributed by atoms with Crippen LogP contribution in [0.25, 0.3) is 0 Å². The van der Waals surface area contributed by atoms with Crippen LogP contribution in [0.3, 0.4) is 0 Å². The number of ether oxygens (including phenoxy) is 1. The number of nitrogens with zero attached hydrogens (tertiary/aromatic N) is 2. The van der Waals surface area contributed by atoms with Crippen molar-refractivity contribution >= 4 is 11.9 Å². The van der Waals surface area contributed by atoms with E-state index in [1.165, 1.54) is 7.11 Å². The van der Waals surface area contributed by atoms with E-state index in [4.69, 9.17) is 4.74 Å². The number of aromatic nitrogens is 2. The van der Waals surface area contributed by atoms with E-state index in [2.05, 4.69) is 20.6 Å². The van der Waals surface area contributed by atoms with Gasteiger partial charge in [0.2, 0.25) is 17.7 Å². The molecule has 1 fully saturated rings. The smallest absolute Gasteiger partial charge is 0.246 e. The zero-order valence-electron chi connectivity index (χ0n) is 11.6. The summed E-state index contributed by atoms with van der Waals surface area (Å²) in [5.41, 5.74) is 0.211. The van der Waals surface area contributed by atoms with Gasteiger partial charge in [-0.05, 0) is 39.7 Å². The molecule has 0 saturated carbocycles. The molecule has 0 aromatic carbocycles. The van der Waals surface area contributed by atoms with Crippen LogP contribution in [0.2, 0.25) is 0 Å². The van der Waals surface area contributed by atoms with Crippen LogP contribution >= 0.6 is 0 Å². The van der Waals surface area contributed by atoms with Crippen molar-refractivity contribution in [3.63, 3.8) is 0 Å². The van der Waals surface area contributed by atoms with E-state index in [0.29, 0.717) is 5.88 Å². The molecule has 0 bridgehead atoms. The van der Waals surface area contributed by atoms with Crippen molar-refractivity contribution in [1.82, 2.24) is 15.3 Å². The van der Waals surface area contributed by atoms with Gasteiger partial charge in [-0.25, -0.2) is 4.98 Å². The van der Waals surface area contributed by atoms with Gasteiger partial charge in [0.1, 0.15) is 0 Å². The predicted octanol–water partition coefficient (Wildman–Crippen LogP) is 1.26. The minimum absolute atomic E-state index is 0.0974. The quantitative estimate of drug-likeness (QED) is 0.859. The molecule has 1 aliphatic rings. The van der Waals surface area contributed by atoms with Gasteiger partial charge in [-0.1, -0.05) is 0 Å². The van der Waals surface area contributed by atoms with Gasteiger partial charge in [-0.15, -0.1) is 0 Å². The van der Waals surface area contributed by atoms with Crippen molar-refractivity contribution in [2.24, 2.45) is 0 Å². The maximum Gasteiger partial charge on any atom is 0.246 e. The fourth-order valence-electron chi connectivity index (χ4n) is 2.19. The highest BCUT2D eigenvalue weighted by Crippen LogP contribution is 2.20. The Labute approximate surface area is 113 Å². The first-order valence-corrected chi connectivity index (χ1v) is 6.50. The number of methoxy groups -OCH3 is 1. The third kappa shape index (κ3) is 3.20. The maximum absolute atomic E-state index is 12.3. The topological polar surface area (TPSA) is 76.1 Å². The highest BCUT2D eigenvalue weighted by atomic mass is 16.5. The largest absolute Gasteiger partial charge is 0.481 e. The zero-order chi connectivity index (χ0) is 13.9. The Morgan fingerprint density at radius 3 is 2.89 bits per heavy atom. The summed E-state index contributed by atoms with van der Waals surface area (Å²) in [6, 6.07) is 1.72. The van der Waals surface area contributed by atoms with Gasteiger partial charge < -0.3 is 10.1 Å². The van der Waals surface area contributed by atoms with Crippen LogP contribution in [0, 0.1) is 6.92 Å². The third-order valence-electron chi connectivity index (χ3n) is 3.39. The second kappa shape index (κ2) is 5.52. The summed E-state index contributed by atoms with van der Waals surface area (Å²) >= 11 is 0. The SMILES string of the molecule is COc1cc(C)nc(NC(=O)C2(C)CCCCN2)n1. The van der Waals surface area contributed by atoms with Crippen molar-refractivity contribution in [2.45, 2.75) is 38.6 Å². The Hall–Kier alpha value is -1.69. The number of carbonyl (C=O) groups is 1. The summed E-state index contributed by atoms with van der Waals surface area (Å²) in [6.45, 7) is 4.61. The molecule has 1 aromatic heterocycles. The fourth-order valence-corrected chi connectivity index (χ4v) is 2.19. The first-order valence-electron chi connectivity index (χ1n) is 6.50. The Morgan fingerprint density at radius 1 is 1.47 bits per heavy atom. The van der Waals surface area contributed by atoms with Crippen LogP contribution in [0.5, 0.6) is 5.88 Å². The maximum atomic E-state index is 12.3. The summed E-state index contributed by atoms with van der Waals surface area (Å²) in [5.74, 6) is 0.639. The van der Waals surface area contributed by atoms with Gasteiger partial charge in [0.05, 0.1) is 12.6 Å². The summed E-state index contributed by atoms with van der Waals surface area (Å²) < 4.78 is 5.07. The Morgan fingerprint density at radius 2 is 2.26 bits per heavy atom. The van der Waals surface area contributed by atoms with Crippen LogP contribution in [0.4, 0.5) is 5.95 Å². The molecule has 6 heteroatoms. The lowest BCUT2D eigenvalue weighted by molar-refractivity contribution is -0.122. The minimum atomic E-state index is -0.543. The molecule has 2 heterocycles. The monoisotopic (exact) mass is 264 g/mol. The summed E-state index contributed by atoms with van der Waals surface area (Å²) in [7, 11) is 1.54. The van der Waals surface area contributed by atoms with Crippen molar-refractivity contribution in [3.05, 3.63) is 11.8 Å². The highest BCUT2D eigenvalue weighted by molar-refractivity contribution is 5.96. The highest BCUT2D eigenvalue weighted by Gasteiger charge is 2.34. The average Bonchev–Trinajstić information content (AvgIpc) is 2.38. The van der Waals surface area contributed by atoms with Crippen molar-refractivity contribution < 1.29 is 9.53 Å². The van der Waals surface area contributed by atoms with Crippen LogP contribution in [0.1, 0.15) is 31.9 Å². The molecule has 1 unspecified atom stereocenters. The molecule has 19 heavy (non-hydrogen) atoms. The number of carbonyl (C=O) groups excluding carboxylic acids is 1. The molecule has 1 saturated heterocycles. The van der Waals surface area contributed by atoms with Crippen molar-refractivity contribution in [2.75, 3.05) is 19.0 Å². The number of amides is 1. The Balaban J connectivity index is 2.12. The second-order valence-electron chi connectivity index (χ2n) is 5.05. The lowest BCUT2D eigenvalue weighted by Gasteiger charge is -2.33. The normalized spacial score (nSPS) is 22.9. The molecule has 0 radical (unpaired) electrons. The van der Waals surface area contributed by atoms with E-state index in [-0.39, 0.29) is 11.9 Å². The number of rotatable bonds is 3. The van der Waals surface area contributed by atoms with Gasteiger partial charge in [-0.2, -0.15) is 4.98 Å². The van der Waals surface area contributed by atoms with E-state index >= 15 is 0 Å². The van der Waals surface area contributed by atoms with Gasteiger partial charge in [0, 0.05) is 11.8 Å². The van der Waals surface area contributed by atoms with Gasteiger partial charge in [0.25, 0.3) is 0 Å². The van der Waals surface area contributed by atoms with E-state index < -0.39 is 5.54 Å². The molecule has 1 amide bonds. The Bertz CT molecular complexity index is 470. The van der Waals surface area contributed by atoms with Crippen LogP contribution in [-0.2, 0) is 4.79 Å². The average molecular weight is 264 g/mol. The predicted molar refractivity (Wildman–Crippen MR) is 72.2 cm³/mol. The molecule has 1 aliphatic heterocycles. The van der Waals surface area contributed by atoms with Gasteiger partial charge in [-0.3, -0.25) is 10.1 Å². The second-order valence-corrected chi connectivity index (χ2v) is 5.05. The van der Waals surface area contributed by atoms with E-state index in [1.54, 1.807) is 6.07 Å². The van der Waals surface area contributed by atoms with Crippen LogP contribution < -0.4 is 15.4 Å². The standard InChI is InChI=1S/C13H20N4O2/c1-9-8-10(19-3)16-12(15-9)17-11(18)13(2)6-4-5-7-14-13/h8,14H,4-7H2,1-3H3,(H,15,16,17,18). The Kier molecular flexibility index (Phi) is 3.99. The molecule has 1 aromatic rings. The minimum Gasteiger partial charge on any atom is -0.481 e. The zero-order valence-corrected chi connectivity index (χ0v) is 11.6. The molecule has 0 aliphatic carbocycles. The molecular formula is C13H20N4O2. The molecule has 1 atom stereocenters.